The molecule has 4 rings (SSSR count). The maximum Gasteiger partial charge on any atom is 0.282 e. The number of hydrogen-bond donors (Lipinski definition) is 1. The van der Waals surface area contributed by atoms with Crippen LogP contribution in [0.5, 0.6) is 0 Å². The Hall–Kier alpha value is -3.92. The van der Waals surface area contributed by atoms with Gasteiger partial charge in [-0.3, -0.25) is 29.4 Å². The second-order valence-corrected chi connectivity index (χ2v) is 7.70. The predicted octanol–water partition coefficient (Wildman–Crippen LogP) is 3.30. The molecule has 0 spiro atoms. The molecule has 0 aliphatic carbocycles. The van der Waals surface area contributed by atoms with E-state index in [1.54, 1.807) is 12.1 Å². The van der Waals surface area contributed by atoms with Crippen molar-refractivity contribution in [2.45, 2.75) is 6.04 Å². The maximum absolute atomic E-state index is 13.3. The third-order valence-corrected chi connectivity index (χ3v) is 5.75. The number of imide groups is 1. The summed E-state index contributed by atoms with van der Waals surface area (Å²) in [5.74, 6) is -2.72. The Kier molecular flexibility index (Phi) is 5.30. The Bertz CT molecular complexity index is 1190. The van der Waals surface area contributed by atoms with Gasteiger partial charge in [0.15, 0.2) is 0 Å². The van der Waals surface area contributed by atoms with Gasteiger partial charge < -0.3 is 5.32 Å². The van der Waals surface area contributed by atoms with E-state index in [0.29, 0.717) is 10.5 Å². The Morgan fingerprint density at radius 2 is 1.84 bits per heavy atom. The molecule has 1 aliphatic rings. The number of nitro benzene ring substituents is 1. The number of fused-ring (bicyclic) bond motifs is 1. The van der Waals surface area contributed by atoms with E-state index in [1.807, 2.05) is 5.38 Å². The third-order valence-electron chi connectivity index (χ3n) is 4.81. The summed E-state index contributed by atoms with van der Waals surface area (Å²) in [4.78, 5) is 50.0. The number of nitrogens with one attached hydrogen (secondary N) is 1. The molecule has 1 atom stereocenters. The molecule has 2 heterocycles. The molecule has 0 fully saturated rings. The van der Waals surface area contributed by atoms with Gasteiger partial charge in [-0.25, -0.2) is 4.39 Å². The first-order chi connectivity index (χ1) is 14.9. The molecule has 31 heavy (non-hydrogen) atoms. The van der Waals surface area contributed by atoms with Crippen molar-refractivity contribution in [3.05, 3.63) is 97.5 Å². The Labute approximate surface area is 179 Å². The van der Waals surface area contributed by atoms with Gasteiger partial charge in [0.1, 0.15) is 17.9 Å². The molecule has 8 nitrogen and oxygen atoms in total. The standard InChI is InChI=1S/C21H14FN3O5S/c22-13-8-6-12(7-9-13)19(16-5-2-10-31-16)23-17(26)11-24-20(27)14-3-1-4-15(25(29)30)18(14)21(24)28/h1-10,19H,11H2,(H,23,26). The zero-order chi connectivity index (χ0) is 22.1. The first-order valence-corrected chi connectivity index (χ1v) is 9.96. The van der Waals surface area contributed by atoms with Gasteiger partial charge in [-0.05, 0) is 35.2 Å². The van der Waals surface area contributed by atoms with Crippen molar-refractivity contribution in [1.29, 1.82) is 0 Å². The van der Waals surface area contributed by atoms with Crippen LogP contribution < -0.4 is 5.32 Å². The Morgan fingerprint density at radius 3 is 2.48 bits per heavy atom. The lowest BCUT2D eigenvalue weighted by molar-refractivity contribution is -0.385. The van der Waals surface area contributed by atoms with Gasteiger partial charge in [-0.2, -0.15) is 0 Å². The maximum atomic E-state index is 13.3. The first kappa shape index (κ1) is 20.4. The fourth-order valence-corrected chi connectivity index (χ4v) is 4.19. The van der Waals surface area contributed by atoms with Gasteiger partial charge >= 0.3 is 0 Å². The van der Waals surface area contributed by atoms with Crippen LogP contribution in [0.15, 0.2) is 60.0 Å². The molecule has 1 N–H and O–H groups in total. The molecule has 3 amide bonds. The minimum absolute atomic E-state index is 0.111. The normalized spacial score (nSPS) is 13.8. The molecular formula is C21H14FN3O5S. The van der Waals surface area contributed by atoms with E-state index in [0.717, 1.165) is 10.9 Å². The Balaban J connectivity index is 1.57. The van der Waals surface area contributed by atoms with Crippen LogP contribution in [0.25, 0.3) is 0 Å². The van der Waals surface area contributed by atoms with Crippen molar-refractivity contribution in [3.63, 3.8) is 0 Å². The highest BCUT2D eigenvalue weighted by Gasteiger charge is 2.41. The highest BCUT2D eigenvalue weighted by molar-refractivity contribution is 7.10. The number of benzene rings is 2. The van der Waals surface area contributed by atoms with Crippen LogP contribution >= 0.6 is 11.3 Å². The van der Waals surface area contributed by atoms with Crippen molar-refractivity contribution in [3.8, 4) is 0 Å². The van der Waals surface area contributed by atoms with Gasteiger partial charge in [-0.1, -0.05) is 24.3 Å². The quantitative estimate of drug-likeness (QED) is 0.360. The van der Waals surface area contributed by atoms with Crippen molar-refractivity contribution in [2.24, 2.45) is 0 Å². The number of carbonyl (C=O) groups excluding carboxylic acids is 3. The SMILES string of the molecule is O=C(CN1C(=O)c2cccc([N+](=O)[O-])c2C1=O)NC(c1ccc(F)cc1)c1cccs1. The number of carbonyl (C=O) groups is 3. The molecule has 1 unspecified atom stereocenters. The van der Waals surface area contributed by atoms with E-state index in [1.165, 1.54) is 47.7 Å². The summed E-state index contributed by atoms with van der Waals surface area (Å²) < 4.78 is 13.3. The van der Waals surface area contributed by atoms with Crippen LogP contribution in [0.3, 0.4) is 0 Å². The van der Waals surface area contributed by atoms with Crippen LogP contribution in [-0.4, -0.2) is 34.1 Å². The lowest BCUT2D eigenvalue weighted by Crippen LogP contribution is -2.41. The van der Waals surface area contributed by atoms with Crippen LogP contribution in [0.4, 0.5) is 10.1 Å². The number of thiophene rings is 1. The van der Waals surface area contributed by atoms with E-state index < -0.39 is 46.7 Å². The van der Waals surface area contributed by atoms with E-state index in [-0.39, 0.29) is 11.1 Å². The highest BCUT2D eigenvalue weighted by atomic mass is 32.1. The van der Waals surface area contributed by atoms with Gasteiger partial charge in [-0.15, -0.1) is 11.3 Å². The van der Waals surface area contributed by atoms with Crippen LogP contribution in [-0.2, 0) is 4.79 Å². The fraction of sp³-hybridized carbons (Fsp3) is 0.0952. The Morgan fingerprint density at radius 1 is 1.10 bits per heavy atom. The molecule has 0 radical (unpaired) electrons. The zero-order valence-electron chi connectivity index (χ0n) is 15.8. The van der Waals surface area contributed by atoms with Gasteiger partial charge in [0.05, 0.1) is 16.5 Å². The second kappa shape index (κ2) is 8.07. The van der Waals surface area contributed by atoms with E-state index in [2.05, 4.69) is 5.32 Å². The average molecular weight is 439 g/mol. The first-order valence-electron chi connectivity index (χ1n) is 9.08. The minimum atomic E-state index is -0.892. The van der Waals surface area contributed by atoms with Gasteiger partial charge in [0.2, 0.25) is 5.91 Å². The van der Waals surface area contributed by atoms with E-state index in [9.17, 15) is 28.9 Å². The number of nitrogens with zero attached hydrogens (tertiary/aromatic N) is 2. The summed E-state index contributed by atoms with van der Waals surface area (Å²) >= 11 is 1.38. The van der Waals surface area contributed by atoms with Crippen LogP contribution in [0.2, 0.25) is 0 Å². The summed E-state index contributed by atoms with van der Waals surface area (Å²) in [6, 6.07) is 12.3. The number of nitro groups is 1. The van der Waals surface area contributed by atoms with Gasteiger partial charge in [0.25, 0.3) is 17.5 Å². The summed E-state index contributed by atoms with van der Waals surface area (Å²) in [7, 11) is 0. The molecule has 10 heteroatoms. The lowest BCUT2D eigenvalue weighted by atomic mass is 10.1. The second-order valence-electron chi connectivity index (χ2n) is 6.72. The predicted molar refractivity (Wildman–Crippen MR) is 109 cm³/mol. The summed E-state index contributed by atoms with van der Waals surface area (Å²) in [5, 5.41) is 15.8. The molecule has 2 aromatic carbocycles. The smallest absolute Gasteiger partial charge is 0.282 e. The molecule has 1 aliphatic heterocycles. The van der Waals surface area contributed by atoms with Crippen molar-refractivity contribution in [2.75, 3.05) is 6.54 Å². The lowest BCUT2D eigenvalue weighted by Gasteiger charge is -2.20. The summed E-state index contributed by atoms with van der Waals surface area (Å²) in [6.07, 6.45) is 0. The van der Waals surface area contributed by atoms with Crippen molar-refractivity contribution in [1.82, 2.24) is 10.2 Å². The van der Waals surface area contributed by atoms with Crippen molar-refractivity contribution < 1.29 is 23.7 Å². The monoisotopic (exact) mass is 439 g/mol. The van der Waals surface area contributed by atoms with Crippen LogP contribution in [0.1, 0.15) is 37.2 Å². The molecule has 0 bridgehead atoms. The zero-order valence-corrected chi connectivity index (χ0v) is 16.6. The average Bonchev–Trinajstić information content (AvgIpc) is 3.36. The van der Waals surface area contributed by atoms with Crippen LogP contribution in [0, 0.1) is 15.9 Å². The van der Waals surface area contributed by atoms with Crippen molar-refractivity contribution >= 4 is 34.7 Å². The molecule has 156 valence electrons. The van der Waals surface area contributed by atoms with E-state index in [4.69, 9.17) is 0 Å². The number of amides is 3. The molecular weight excluding hydrogens is 425 g/mol. The largest absolute Gasteiger partial charge is 0.343 e. The molecule has 1 aromatic heterocycles. The minimum Gasteiger partial charge on any atom is -0.343 e. The number of rotatable bonds is 6. The third kappa shape index (κ3) is 3.80. The molecule has 0 saturated carbocycles. The van der Waals surface area contributed by atoms with E-state index >= 15 is 0 Å². The number of halogens is 1. The fourth-order valence-electron chi connectivity index (χ4n) is 3.39. The highest BCUT2D eigenvalue weighted by Crippen LogP contribution is 2.31. The molecule has 0 saturated heterocycles. The van der Waals surface area contributed by atoms with Gasteiger partial charge in [0, 0.05) is 10.9 Å². The topological polar surface area (TPSA) is 110 Å². The molecule has 3 aromatic rings. The number of hydrogen-bond acceptors (Lipinski definition) is 6. The summed E-state index contributed by atoms with van der Waals surface area (Å²) in [5.41, 5.74) is -0.296. The summed E-state index contributed by atoms with van der Waals surface area (Å²) in [6.45, 7) is -0.605.